The van der Waals surface area contributed by atoms with Gasteiger partial charge in [-0.3, -0.25) is 9.59 Å². The summed E-state index contributed by atoms with van der Waals surface area (Å²) in [6, 6.07) is 7.62. The number of carbonyl (C=O) groups is 2. The number of hydrogen-bond acceptors (Lipinski definition) is 3. The van der Waals surface area contributed by atoms with Crippen LogP contribution in [0.2, 0.25) is 0 Å². The zero-order valence-electron chi connectivity index (χ0n) is 12.9. The summed E-state index contributed by atoms with van der Waals surface area (Å²) >= 11 is 3.42. The summed E-state index contributed by atoms with van der Waals surface area (Å²) < 4.78 is 5.89. The summed E-state index contributed by atoms with van der Waals surface area (Å²) in [6.07, 6.45) is 3.36. The Labute approximate surface area is 139 Å². The van der Waals surface area contributed by atoms with E-state index in [0.29, 0.717) is 19.3 Å². The van der Waals surface area contributed by atoms with Crippen LogP contribution in [0.25, 0.3) is 0 Å². The van der Waals surface area contributed by atoms with E-state index < -0.39 is 16.8 Å². The first-order chi connectivity index (χ1) is 10.3. The summed E-state index contributed by atoms with van der Waals surface area (Å²) in [7, 11) is 1.39. The molecule has 0 heterocycles. The van der Waals surface area contributed by atoms with E-state index in [1.807, 2.05) is 31.2 Å². The third-order valence-corrected chi connectivity index (χ3v) is 5.23. The van der Waals surface area contributed by atoms with Gasteiger partial charge in [-0.15, -0.1) is 0 Å². The molecule has 1 aromatic rings. The van der Waals surface area contributed by atoms with E-state index in [2.05, 4.69) is 15.9 Å². The minimum absolute atomic E-state index is 0.286. The van der Waals surface area contributed by atoms with E-state index in [4.69, 9.17) is 4.74 Å². The van der Waals surface area contributed by atoms with E-state index >= 15 is 0 Å². The summed E-state index contributed by atoms with van der Waals surface area (Å²) in [5.74, 6) is -1.000. The molecule has 0 spiro atoms. The second-order valence-electron chi connectivity index (χ2n) is 6.27. The van der Waals surface area contributed by atoms with Gasteiger partial charge in [-0.25, -0.2) is 0 Å². The van der Waals surface area contributed by atoms with Crippen molar-refractivity contribution in [2.45, 2.75) is 44.4 Å². The van der Waals surface area contributed by atoms with Crippen molar-refractivity contribution in [3.05, 3.63) is 34.3 Å². The van der Waals surface area contributed by atoms with Crippen LogP contribution in [0.4, 0.5) is 0 Å². The van der Waals surface area contributed by atoms with Crippen molar-refractivity contribution in [2.75, 3.05) is 7.11 Å². The van der Waals surface area contributed by atoms with Crippen LogP contribution in [-0.4, -0.2) is 24.2 Å². The van der Waals surface area contributed by atoms with Crippen molar-refractivity contribution >= 4 is 27.9 Å². The number of esters is 1. The Morgan fingerprint density at radius 2 is 2.09 bits per heavy atom. The molecule has 1 saturated carbocycles. The zero-order chi connectivity index (χ0) is 16.4. The molecule has 120 valence electrons. The highest BCUT2D eigenvalue weighted by atomic mass is 79.9. The van der Waals surface area contributed by atoms with E-state index in [9.17, 15) is 14.7 Å². The minimum atomic E-state index is -0.757. The molecular weight excluding hydrogens is 348 g/mol. The predicted molar refractivity (Wildman–Crippen MR) is 86.7 cm³/mol. The van der Waals surface area contributed by atoms with Crippen molar-refractivity contribution in [3.8, 4) is 0 Å². The number of carboxylic acids is 1. The molecule has 1 aromatic carbocycles. The quantitative estimate of drug-likeness (QED) is 0.740. The Hall–Kier alpha value is -1.36. The van der Waals surface area contributed by atoms with Gasteiger partial charge >= 0.3 is 11.9 Å². The first-order valence-electron chi connectivity index (χ1n) is 7.42. The van der Waals surface area contributed by atoms with Gasteiger partial charge in [0.1, 0.15) is 0 Å². The van der Waals surface area contributed by atoms with E-state index in [1.165, 1.54) is 7.11 Å². The largest absolute Gasteiger partial charge is 0.481 e. The SMILES string of the molecule is COC(=O)C(C)(CCCC1(C(=O)O)CC1)c1cccc(Br)c1. The molecule has 5 heteroatoms. The molecule has 0 aliphatic heterocycles. The lowest BCUT2D eigenvalue weighted by atomic mass is 9.77. The Balaban J connectivity index is 2.13. The van der Waals surface area contributed by atoms with Gasteiger partial charge in [0.05, 0.1) is 17.9 Å². The summed E-state index contributed by atoms with van der Waals surface area (Å²) in [5.41, 5.74) is -0.421. The maximum atomic E-state index is 12.3. The second-order valence-corrected chi connectivity index (χ2v) is 7.19. The van der Waals surface area contributed by atoms with E-state index in [1.54, 1.807) is 0 Å². The van der Waals surface area contributed by atoms with Crippen LogP contribution in [0, 0.1) is 5.41 Å². The van der Waals surface area contributed by atoms with Gasteiger partial charge in [-0.2, -0.15) is 0 Å². The monoisotopic (exact) mass is 368 g/mol. The number of hydrogen-bond donors (Lipinski definition) is 1. The predicted octanol–water partition coefficient (Wildman–Crippen LogP) is 3.91. The average Bonchev–Trinajstić information content (AvgIpc) is 3.27. The number of benzene rings is 1. The van der Waals surface area contributed by atoms with Crippen molar-refractivity contribution in [2.24, 2.45) is 5.41 Å². The maximum absolute atomic E-state index is 12.3. The molecule has 1 unspecified atom stereocenters. The first-order valence-corrected chi connectivity index (χ1v) is 8.21. The third kappa shape index (κ3) is 3.35. The molecule has 1 aliphatic carbocycles. The lowest BCUT2D eigenvalue weighted by Crippen LogP contribution is -2.34. The Morgan fingerprint density at radius 1 is 1.41 bits per heavy atom. The molecule has 1 atom stereocenters. The number of aliphatic carboxylic acids is 1. The van der Waals surface area contributed by atoms with Crippen molar-refractivity contribution in [1.82, 2.24) is 0 Å². The number of methoxy groups -OCH3 is 1. The maximum Gasteiger partial charge on any atom is 0.315 e. The lowest BCUT2D eigenvalue weighted by Gasteiger charge is -2.28. The first kappa shape index (κ1) is 17.0. The van der Waals surface area contributed by atoms with Gasteiger partial charge in [-0.1, -0.05) is 34.5 Å². The van der Waals surface area contributed by atoms with Crippen molar-refractivity contribution in [3.63, 3.8) is 0 Å². The molecule has 1 fully saturated rings. The fourth-order valence-corrected chi connectivity index (χ4v) is 3.32. The summed E-state index contributed by atoms with van der Waals surface area (Å²) in [4.78, 5) is 23.5. The normalized spacial score (nSPS) is 18.3. The fourth-order valence-electron chi connectivity index (χ4n) is 2.92. The average molecular weight is 369 g/mol. The Bertz CT molecular complexity index is 580. The summed E-state index contributed by atoms with van der Waals surface area (Å²) in [5, 5.41) is 9.24. The van der Waals surface area contributed by atoms with Gasteiger partial charge in [0, 0.05) is 4.47 Å². The molecular formula is C17H21BrO4. The van der Waals surface area contributed by atoms with Crippen LogP contribution in [-0.2, 0) is 19.7 Å². The molecule has 1 N–H and O–H groups in total. The van der Waals surface area contributed by atoms with Gasteiger partial charge in [0.2, 0.25) is 0 Å². The van der Waals surface area contributed by atoms with Gasteiger partial charge in [0.25, 0.3) is 0 Å². The van der Waals surface area contributed by atoms with Crippen LogP contribution in [0.1, 0.15) is 44.6 Å². The Morgan fingerprint density at radius 3 is 2.59 bits per heavy atom. The lowest BCUT2D eigenvalue weighted by molar-refractivity contribution is -0.147. The number of carboxylic acid groups (broad SMARTS) is 1. The van der Waals surface area contributed by atoms with Crippen molar-refractivity contribution < 1.29 is 19.4 Å². The van der Waals surface area contributed by atoms with Crippen LogP contribution >= 0.6 is 15.9 Å². The highest BCUT2D eigenvalue weighted by molar-refractivity contribution is 9.10. The molecule has 0 radical (unpaired) electrons. The van der Waals surface area contributed by atoms with E-state index in [-0.39, 0.29) is 5.97 Å². The zero-order valence-corrected chi connectivity index (χ0v) is 14.5. The topological polar surface area (TPSA) is 63.6 Å². The second kappa shape index (κ2) is 6.41. The minimum Gasteiger partial charge on any atom is -0.481 e. The standard InChI is InChI=1S/C17H21BrO4/c1-16(15(21)22-2,12-5-3-6-13(18)11-12)7-4-8-17(9-10-17)14(19)20/h3,5-6,11H,4,7-10H2,1-2H3,(H,19,20). The third-order valence-electron chi connectivity index (χ3n) is 4.74. The number of rotatable bonds is 7. The smallest absolute Gasteiger partial charge is 0.315 e. The molecule has 0 aromatic heterocycles. The highest BCUT2D eigenvalue weighted by Crippen LogP contribution is 2.50. The molecule has 0 saturated heterocycles. The van der Waals surface area contributed by atoms with Gasteiger partial charge < -0.3 is 9.84 Å². The molecule has 1 aliphatic rings. The molecule has 4 nitrogen and oxygen atoms in total. The Kier molecular flexibility index (Phi) is 4.95. The van der Waals surface area contributed by atoms with Crippen molar-refractivity contribution in [1.29, 1.82) is 0 Å². The molecule has 2 rings (SSSR count). The van der Waals surface area contributed by atoms with Crippen LogP contribution in [0.3, 0.4) is 0 Å². The summed E-state index contributed by atoms with van der Waals surface area (Å²) in [6.45, 7) is 1.86. The van der Waals surface area contributed by atoms with Gasteiger partial charge in [-0.05, 0) is 50.3 Å². The molecule has 0 amide bonds. The number of carbonyl (C=O) groups excluding carboxylic acids is 1. The fraction of sp³-hybridized carbons (Fsp3) is 0.529. The van der Waals surface area contributed by atoms with Gasteiger partial charge in [0.15, 0.2) is 0 Å². The molecule has 0 bridgehead atoms. The van der Waals surface area contributed by atoms with Crippen LogP contribution < -0.4 is 0 Å². The number of ether oxygens (including phenoxy) is 1. The number of halogens is 1. The van der Waals surface area contributed by atoms with E-state index in [0.717, 1.165) is 22.9 Å². The van der Waals surface area contributed by atoms with Crippen LogP contribution in [0.15, 0.2) is 28.7 Å². The highest BCUT2D eigenvalue weighted by Gasteiger charge is 2.50. The molecule has 22 heavy (non-hydrogen) atoms. The van der Waals surface area contributed by atoms with Crippen LogP contribution in [0.5, 0.6) is 0 Å².